The Labute approximate surface area is 88.2 Å². The lowest BCUT2D eigenvalue weighted by Crippen LogP contribution is -2.21. The van der Waals surface area contributed by atoms with Gasteiger partial charge >= 0.3 is 6.36 Å². The van der Waals surface area contributed by atoms with E-state index < -0.39 is 23.6 Å². The zero-order valence-corrected chi connectivity index (χ0v) is 8.44. The van der Waals surface area contributed by atoms with Crippen LogP contribution in [0.3, 0.4) is 0 Å². The second-order valence-electron chi connectivity index (χ2n) is 2.17. The van der Waals surface area contributed by atoms with Gasteiger partial charge in [-0.2, -0.15) is 4.39 Å². The molecule has 0 unspecified atom stereocenters. The van der Waals surface area contributed by atoms with Gasteiger partial charge in [0.1, 0.15) is 3.57 Å². The van der Waals surface area contributed by atoms with E-state index >= 15 is 0 Å². The van der Waals surface area contributed by atoms with Gasteiger partial charge in [0.2, 0.25) is 11.3 Å². The molecular weight excluding hydrogens is 321 g/mol. The minimum absolute atomic E-state index is 0.360. The van der Waals surface area contributed by atoms with Crippen molar-refractivity contribution < 1.29 is 22.3 Å². The summed E-state index contributed by atoms with van der Waals surface area (Å²) in [5.74, 6) is -2.13. The number of nitrogens with one attached hydrogen (secondary N) is 1. The van der Waals surface area contributed by atoms with Crippen LogP contribution in [0.15, 0.2) is 10.9 Å². The second kappa shape index (κ2) is 3.75. The number of alkyl halides is 3. The van der Waals surface area contributed by atoms with Crippen molar-refractivity contribution >= 4 is 22.6 Å². The molecule has 1 rings (SSSR count). The van der Waals surface area contributed by atoms with Gasteiger partial charge in [0, 0.05) is 6.07 Å². The first kappa shape index (κ1) is 11.3. The second-order valence-corrected chi connectivity index (χ2v) is 3.25. The fourth-order valence-electron chi connectivity index (χ4n) is 0.676. The van der Waals surface area contributed by atoms with Crippen molar-refractivity contribution in [2.45, 2.75) is 6.36 Å². The highest BCUT2D eigenvalue weighted by molar-refractivity contribution is 14.1. The average molecular weight is 323 g/mol. The topological polar surface area (TPSA) is 42.1 Å². The van der Waals surface area contributed by atoms with E-state index in [9.17, 15) is 22.4 Å². The summed E-state index contributed by atoms with van der Waals surface area (Å²) in [7, 11) is 0. The minimum atomic E-state index is -4.96. The quantitative estimate of drug-likeness (QED) is 0.488. The van der Waals surface area contributed by atoms with Crippen LogP contribution < -0.4 is 10.2 Å². The number of rotatable bonds is 1. The molecule has 0 aliphatic heterocycles. The van der Waals surface area contributed by atoms with Crippen LogP contribution in [0.1, 0.15) is 0 Å². The van der Waals surface area contributed by atoms with E-state index in [4.69, 9.17) is 0 Å². The average Bonchev–Trinajstić information content (AvgIpc) is 1.96. The van der Waals surface area contributed by atoms with E-state index in [0.717, 1.165) is 0 Å². The largest absolute Gasteiger partial charge is 0.574 e. The Morgan fingerprint density at radius 3 is 2.50 bits per heavy atom. The van der Waals surface area contributed by atoms with Crippen LogP contribution in [0.2, 0.25) is 0 Å². The Morgan fingerprint density at radius 2 is 2.00 bits per heavy atom. The SMILES string of the molecule is O=c1cc(F)[nH]c(OC(F)(F)F)c1I. The molecule has 0 saturated heterocycles. The molecule has 0 fully saturated rings. The van der Waals surface area contributed by atoms with Crippen LogP contribution in [0.4, 0.5) is 17.6 Å². The van der Waals surface area contributed by atoms with E-state index in [-0.39, 0.29) is 3.57 Å². The highest BCUT2D eigenvalue weighted by Crippen LogP contribution is 2.23. The molecule has 0 amide bonds. The summed E-state index contributed by atoms with van der Waals surface area (Å²) in [5.41, 5.74) is -0.874. The first-order valence-electron chi connectivity index (χ1n) is 3.13. The molecule has 1 aromatic heterocycles. The number of aromatic nitrogens is 1. The maximum Gasteiger partial charge on any atom is 0.574 e. The molecule has 1 aromatic rings. The van der Waals surface area contributed by atoms with E-state index in [0.29, 0.717) is 6.07 Å². The van der Waals surface area contributed by atoms with Crippen molar-refractivity contribution in [3.05, 3.63) is 25.8 Å². The summed E-state index contributed by atoms with van der Waals surface area (Å²) >= 11 is 1.33. The van der Waals surface area contributed by atoms with Crippen LogP contribution in [0.25, 0.3) is 0 Å². The number of hydrogen-bond acceptors (Lipinski definition) is 2. The zero-order chi connectivity index (χ0) is 10.9. The van der Waals surface area contributed by atoms with Gasteiger partial charge in [-0.1, -0.05) is 0 Å². The molecule has 1 heterocycles. The maximum absolute atomic E-state index is 12.5. The van der Waals surface area contributed by atoms with Crippen LogP contribution in [0.5, 0.6) is 5.88 Å². The molecule has 0 bridgehead atoms. The Morgan fingerprint density at radius 1 is 1.43 bits per heavy atom. The Hall–Kier alpha value is -0.800. The Balaban J connectivity index is 3.15. The van der Waals surface area contributed by atoms with E-state index in [2.05, 4.69) is 4.74 Å². The highest BCUT2D eigenvalue weighted by Gasteiger charge is 2.33. The summed E-state index contributed by atoms with van der Waals surface area (Å²) in [5, 5.41) is 0. The maximum atomic E-state index is 12.5. The molecule has 8 heteroatoms. The monoisotopic (exact) mass is 323 g/mol. The summed E-state index contributed by atoms with van der Waals surface area (Å²) < 4.78 is 50.7. The molecular formula is C6H2F4INO2. The third kappa shape index (κ3) is 2.86. The summed E-state index contributed by atoms with van der Waals surface area (Å²) in [6.07, 6.45) is -4.96. The fraction of sp³-hybridized carbons (Fsp3) is 0.167. The third-order valence-electron chi connectivity index (χ3n) is 1.12. The first-order valence-corrected chi connectivity index (χ1v) is 4.21. The van der Waals surface area contributed by atoms with E-state index in [1.165, 1.54) is 22.6 Å². The molecule has 0 spiro atoms. The highest BCUT2D eigenvalue weighted by atomic mass is 127. The molecule has 0 atom stereocenters. The van der Waals surface area contributed by atoms with Crippen molar-refractivity contribution in [3.63, 3.8) is 0 Å². The van der Waals surface area contributed by atoms with Gasteiger partial charge in [-0.05, 0) is 22.6 Å². The molecule has 0 saturated carbocycles. The number of halogens is 5. The predicted molar refractivity (Wildman–Crippen MR) is 46.4 cm³/mol. The normalized spacial score (nSPS) is 11.5. The molecule has 14 heavy (non-hydrogen) atoms. The van der Waals surface area contributed by atoms with E-state index in [1.807, 2.05) is 0 Å². The van der Waals surface area contributed by atoms with Gasteiger partial charge in [-0.3, -0.25) is 4.79 Å². The lowest BCUT2D eigenvalue weighted by molar-refractivity contribution is -0.276. The van der Waals surface area contributed by atoms with Gasteiger partial charge in [-0.15, -0.1) is 13.2 Å². The molecule has 78 valence electrons. The number of aromatic amines is 1. The van der Waals surface area contributed by atoms with Gasteiger partial charge in [0.15, 0.2) is 5.95 Å². The van der Waals surface area contributed by atoms with Crippen LogP contribution in [-0.4, -0.2) is 11.3 Å². The third-order valence-corrected chi connectivity index (χ3v) is 2.15. The fourth-order valence-corrected chi connectivity index (χ4v) is 1.08. The summed E-state index contributed by atoms with van der Waals surface area (Å²) in [6.45, 7) is 0. The molecule has 0 aliphatic rings. The smallest absolute Gasteiger partial charge is 0.389 e. The summed E-state index contributed by atoms with van der Waals surface area (Å²) in [6, 6.07) is 0.533. The van der Waals surface area contributed by atoms with Crippen molar-refractivity contribution in [2.24, 2.45) is 0 Å². The minimum Gasteiger partial charge on any atom is -0.389 e. The molecule has 0 aliphatic carbocycles. The number of hydrogen-bond donors (Lipinski definition) is 1. The number of pyridine rings is 1. The lowest BCUT2D eigenvalue weighted by Gasteiger charge is -2.09. The van der Waals surface area contributed by atoms with Crippen molar-refractivity contribution in [1.82, 2.24) is 4.98 Å². The van der Waals surface area contributed by atoms with Crippen LogP contribution in [-0.2, 0) is 0 Å². The van der Waals surface area contributed by atoms with Crippen molar-refractivity contribution in [3.8, 4) is 5.88 Å². The zero-order valence-electron chi connectivity index (χ0n) is 6.28. The summed E-state index contributed by atoms with van der Waals surface area (Å²) in [4.78, 5) is 12.5. The number of H-pyrrole nitrogens is 1. The van der Waals surface area contributed by atoms with Crippen molar-refractivity contribution in [2.75, 3.05) is 0 Å². The predicted octanol–water partition coefficient (Wildman–Crippen LogP) is 2.02. The van der Waals surface area contributed by atoms with Gasteiger partial charge in [0.25, 0.3) is 0 Å². The van der Waals surface area contributed by atoms with E-state index in [1.54, 1.807) is 4.98 Å². The van der Waals surface area contributed by atoms with Crippen molar-refractivity contribution in [1.29, 1.82) is 0 Å². The van der Waals surface area contributed by atoms with Gasteiger partial charge < -0.3 is 9.72 Å². The molecule has 0 aromatic carbocycles. The number of ether oxygens (including phenoxy) is 1. The standard InChI is InChI=1S/C6H2F4INO2/c7-3-1-2(13)4(11)5(12-3)14-6(8,9)10/h1H,(H,12,13). The first-order chi connectivity index (χ1) is 6.29. The van der Waals surface area contributed by atoms with Gasteiger partial charge in [-0.25, -0.2) is 0 Å². The molecule has 0 radical (unpaired) electrons. The van der Waals surface area contributed by atoms with Gasteiger partial charge in [0.05, 0.1) is 0 Å². The Bertz CT molecular complexity index is 400. The van der Waals surface area contributed by atoms with Crippen LogP contribution >= 0.6 is 22.6 Å². The molecule has 3 nitrogen and oxygen atoms in total. The van der Waals surface area contributed by atoms with Crippen LogP contribution in [0, 0.1) is 9.52 Å². The lowest BCUT2D eigenvalue weighted by atomic mass is 10.4. The molecule has 1 N–H and O–H groups in total. The Kier molecular flexibility index (Phi) is 3.02.